The Labute approximate surface area is 223 Å². The van der Waals surface area contributed by atoms with E-state index in [1.807, 2.05) is 6.07 Å². The number of allylic oxidation sites excluding steroid dienone is 1. The summed E-state index contributed by atoms with van der Waals surface area (Å²) in [5, 5.41) is 10.9. The predicted octanol–water partition coefficient (Wildman–Crippen LogP) is 5.60. The Bertz CT molecular complexity index is 1490. The fraction of sp³-hybridized carbons (Fsp3) is 0.269. The van der Waals surface area contributed by atoms with Crippen molar-refractivity contribution < 1.29 is 40.7 Å². The normalized spacial score (nSPS) is 16.0. The topological polar surface area (TPSA) is 126 Å². The van der Waals surface area contributed by atoms with Crippen molar-refractivity contribution in [1.29, 1.82) is 5.26 Å². The van der Waals surface area contributed by atoms with Crippen LogP contribution < -0.4 is 10.2 Å². The second-order valence-electron chi connectivity index (χ2n) is 8.63. The van der Waals surface area contributed by atoms with Crippen molar-refractivity contribution in [2.75, 3.05) is 11.5 Å². The van der Waals surface area contributed by atoms with E-state index in [1.165, 1.54) is 45.0 Å². The number of carbonyl (C=O) groups is 2. The number of hydrogen-bond acceptors (Lipinski definition) is 7. The summed E-state index contributed by atoms with van der Waals surface area (Å²) in [6.07, 6.45) is -4.65. The number of nitrogens with zero attached hydrogens (tertiary/aromatic N) is 2. The molecule has 206 valence electrons. The molecule has 0 radical (unpaired) electrons. The third-order valence-electron chi connectivity index (χ3n) is 5.75. The standard InChI is InChI=1S/C26H24F3N3O6S/c1-5-11-37-25(34)38-23-16(4)32(19-8-6-7-18(13-19)26(27,28)29)24(33)31-22(23)20-10-9-17(14-30)12-21(20)39(35,36)15(2)3/h5-10,12-13,15,22H,1,11H2,2-4H3,(H,31,33). The first-order valence-electron chi connectivity index (χ1n) is 11.4. The quantitative estimate of drug-likeness (QED) is 0.343. The Morgan fingerprint density at radius 2 is 1.95 bits per heavy atom. The van der Waals surface area contributed by atoms with Gasteiger partial charge in [0.15, 0.2) is 15.6 Å². The molecule has 2 aromatic rings. The lowest BCUT2D eigenvalue weighted by Gasteiger charge is -2.36. The average molecular weight is 564 g/mol. The zero-order valence-electron chi connectivity index (χ0n) is 21.1. The lowest BCUT2D eigenvalue weighted by molar-refractivity contribution is -0.137. The molecule has 1 aliphatic heterocycles. The van der Waals surface area contributed by atoms with E-state index in [1.54, 1.807) is 0 Å². The van der Waals surface area contributed by atoms with E-state index < -0.39 is 45.1 Å². The van der Waals surface area contributed by atoms with E-state index in [0.29, 0.717) is 0 Å². The fourth-order valence-electron chi connectivity index (χ4n) is 3.80. The van der Waals surface area contributed by atoms with E-state index >= 15 is 0 Å². The van der Waals surface area contributed by atoms with Crippen molar-refractivity contribution in [2.45, 2.75) is 43.1 Å². The predicted molar refractivity (Wildman–Crippen MR) is 134 cm³/mol. The van der Waals surface area contributed by atoms with E-state index in [4.69, 9.17) is 9.47 Å². The third-order valence-corrected chi connectivity index (χ3v) is 7.96. The van der Waals surface area contributed by atoms with Crippen LogP contribution in [0.2, 0.25) is 0 Å². The SMILES string of the molecule is C=CCOC(=O)OC1=C(C)N(c2cccc(C(F)(F)F)c2)C(=O)NC1c1ccc(C#N)cc1S(=O)(=O)C(C)C. The van der Waals surface area contributed by atoms with Gasteiger partial charge in [-0.05, 0) is 51.1 Å². The number of sulfone groups is 1. The Balaban J connectivity index is 2.26. The number of rotatable bonds is 7. The van der Waals surface area contributed by atoms with Crippen molar-refractivity contribution in [2.24, 2.45) is 0 Å². The molecule has 3 rings (SSSR count). The summed E-state index contributed by atoms with van der Waals surface area (Å²) in [4.78, 5) is 26.3. The molecule has 2 aromatic carbocycles. The summed E-state index contributed by atoms with van der Waals surface area (Å²) in [6.45, 7) is 7.37. The molecule has 2 amide bonds. The molecule has 39 heavy (non-hydrogen) atoms. The summed E-state index contributed by atoms with van der Waals surface area (Å²) in [5.74, 6) is -0.300. The van der Waals surface area contributed by atoms with Gasteiger partial charge in [-0.15, -0.1) is 0 Å². The van der Waals surface area contributed by atoms with E-state index in [-0.39, 0.29) is 39.8 Å². The molecule has 0 aliphatic carbocycles. The Morgan fingerprint density at radius 1 is 1.26 bits per heavy atom. The first kappa shape index (κ1) is 29.2. The van der Waals surface area contributed by atoms with Crippen LogP contribution in [-0.4, -0.2) is 32.5 Å². The maximum Gasteiger partial charge on any atom is 0.513 e. The molecule has 0 bridgehead atoms. The Kier molecular flexibility index (Phi) is 8.40. The van der Waals surface area contributed by atoms with Crippen molar-refractivity contribution in [1.82, 2.24) is 5.32 Å². The van der Waals surface area contributed by atoms with Gasteiger partial charge in [-0.3, -0.25) is 4.90 Å². The Hall–Kier alpha value is -4.31. The highest BCUT2D eigenvalue weighted by atomic mass is 32.2. The summed E-state index contributed by atoms with van der Waals surface area (Å²) in [6, 6.07) is 7.25. The lowest BCUT2D eigenvalue weighted by Crippen LogP contribution is -2.47. The van der Waals surface area contributed by atoms with Gasteiger partial charge in [-0.25, -0.2) is 18.0 Å². The van der Waals surface area contributed by atoms with Crippen molar-refractivity contribution in [3.05, 3.63) is 83.3 Å². The van der Waals surface area contributed by atoms with Gasteiger partial charge in [-0.1, -0.05) is 24.8 Å². The molecule has 1 aliphatic rings. The van der Waals surface area contributed by atoms with Crippen molar-refractivity contribution in [3.8, 4) is 6.07 Å². The number of anilines is 1. The maximum absolute atomic E-state index is 13.4. The van der Waals surface area contributed by atoms with Gasteiger partial charge >= 0.3 is 18.4 Å². The molecule has 0 fully saturated rings. The highest BCUT2D eigenvalue weighted by Gasteiger charge is 2.40. The average Bonchev–Trinajstić information content (AvgIpc) is 2.88. The minimum absolute atomic E-state index is 0.0226. The minimum atomic E-state index is -4.70. The molecule has 0 spiro atoms. The van der Waals surface area contributed by atoms with Crippen LogP contribution in [0, 0.1) is 11.3 Å². The van der Waals surface area contributed by atoms with Gasteiger partial charge in [0, 0.05) is 5.56 Å². The molecule has 13 heteroatoms. The number of alkyl halides is 3. The van der Waals surface area contributed by atoms with Crippen LogP contribution in [0.1, 0.15) is 43.5 Å². The smallest absolute Gasteiger partial charge is 0.430 e. The van der Waals surface area contributed by atoms with Crippen LogP contribution in [0.3, 0.4) is 0 Å². The number of carbonyl (C=O) groups excluding carboxylic acids is 2. The Morgan fingerprint density at radius 3 is 2.54 bits per heavy atom. The third kappa shape index (κ3) is 6.06. The fourth-order valence-corrected chi connectivity index (χ4v) is 5.11. The second-order valence-corrected chi connectivity index (χ2v) is 11.1. The molecule has 0 saturated heterocycles. The number of amides is 2. The van der Waals surface area contributed by atoms with E-state index in [9.17, 15) is 36.4 Å². The van der Waals surface area contributed by atoms with Gasteiger partial charge in [-0.2, -0.15) is 18.4 Å². The molecule has 0 saturated carbocycles. The van der Waals surface area contributed by atoms with Crippen LogP contribution in [0.15, 0.2) is 71.5 Å². The number of benzene rings is 2. The summed E-state index contributed by atoms with van der Waals surface area (Å²) < 4.78 is 76.8. The highest BCUT2D eigenvalue weighted by Crippen LogP contribution is 2.39. The molecule has 9 nitrogen and oxygen atoms in total. The van der Waals surface area contributed by atoms with Crippen LogP contribution in [0.25, 0.3) is 0 Å². The van der Waals surface area contributed by atoms with Gasteiger partial charge in [0.2, 0.25) is 0 Å². The number of nitriles is 1. The molecule has 1 heterocycles. The number of ether oxygens (including phenoxy) is 2. The first-order chi connectivity index (χ1) is 18.2. The molecule has 1 atom stereocenters. The maximum atomic E-state index is 13.4. The van der Waals surface area contributed by atoms with Crippen molar-refractivity contribution in [3.63, 3.8) is 0 Å². The molecule has 0 aromatic heterocycles. The molecule has 1 unspecified atom stereocenters. The van der Waals surface area contributed by atoms with Crippen LogP contribution in [0.4, 0.5) is 28.4 Å². The summed E-state index contributed by atoms with van der Waals surface area (Å²) >= 11 is 0. The number of hydrogen-bond donors (Lipinski definition) is 1. The monoisotopic (exact) mass is 563 g/mol. The summed E-state index contributed by atoms with van der Waals surface area (Å²) in [7, 11) is -4.03. The zero-order valence-corrected chi connectivity index (χ0v) is 21.9. The van der Waals surface area contributed by atoms with Crippen LogP contribution >= 0.6 is 0 Å². The summed E-state index contributed by atoms with van der Waals surface area (Å²) in [5.41, 5.74) is -1.30. The molecular formula is C26H24F3N3O6S. The van der Waals surface area contributed by atoms with Crippen LogP contribution in [-0.2, 0) is 25.5 Å². The van der Waals surface area contributed by atoms with Crippen molar-refractivity contribution >= 4 is 27.7 Å². The lowest BCUT2D eigenvalue weighted by atomic mass is 10.00. The number of urea groups is 1. The largest absolute Gasteiger partial charge is 0.513 e. The van der Waals surface area contributed by atoms with Gasteiger partial charge in [0.25, 0.3) is 0 Å². The number of halogens is 3. The zero-order chi connectivity index (χ0) is 29.1. The highest BCUT2D eigenvalue weighted by molar-refractivity contribution is 7.92. The van der Waals surface area contributed by atoms with Gasteiger partial charge in [0.05, 0.1) is 38.7 Å². The van der Waals surface area contributed by atoms with E-state index in [0.717, 1.165) is 29.2 Å². The van der Waals surface area contributed by atoms with Gasteiger partial charge < -0.3 is 14.8 Å². The molecular weight excluding hydrogens is 539 g/mol. The number of nitrogens with one attached hydrogen (secondary N) is 1. The minimum Gasteiger partial charge on any atom is -0.430 e. The van der Waals surface area contributed by atoms with E-state index in [2.05, 4.69) is 11.9 Å². The molecule has 1 N–H and O–H groups in total. The van der Waals surface area contributed by atoms with Crippen LogP contribution in [0.5, 0.6) is 0 Å². The second kappa shape index (κ2) is 11.2. The first-order valence-corrected chi connectivity index (χ1v) is 13.0. The van der Waals surface area contributed by atoms with Gasteiger partial charge in [0.1, 0.15) is 12.6 Å².